The van der Waals surface area contributed by atoms with Crippen LogP contribution in [0.1, 0.15) is 58.0 Å². The molecule has 7 aromatic rings. The molecule has 0 saturated carbocycles. The molecule has 0 spiro atoms. The number of rotatable bonds is 8. The third-order valence-corrected chi connectivity index (χ3v) is 11.6. The van der Waals surface area contributed by atoms with Gasteiger partial charge in [0.05, 0.1) is 22.6 Å². The Morgan fingerprint density at radius 2 is 1.22 bits per heavy atom. The van der Waals surface area contributed by atoms with Crippen LogP contribution in [-0.4, -0.2) is 15.7 Å². The average molecular weight is 759 g/mol. The van der Waals surface area contributed by atoms with Crippen molar-refractivity contribution in [3.8, 4) is 11.3 Å². The molecule has 6 aromatic carbocycles. The molecule has 0 fully saturated rings. The van der Waals surface area contributed by atoms with Crippen LogP contribution in [0.4, 0.5) is 0 Å². The predicted molar refractivity (Wildman–Crippen MR) is 244 cm³/mol. The van der Waals surface area contributed by atoms with Crippen LogP contribution in [0.15, 0.2) is 212 Å². The molecule has 2 N–H and O–H groups in total. The molecular formula is C55H42N4. The Labute approximate surface area is 345 Å². The van der Waals surface area contributed by atoms with Crippen molar-refractivity contribution in [3.05, 3.63) is 251 Å². The van der Waals surface area contributed by atoms with Crippen molar-refractivity contribution in [3.63, 3.8) is 0 Å². The summed E-state index contributed by atoms with van der Waals surface area (Å²) in [5, 5.41) is 14.7. The Morgan fingerprint density at radius 3 is 1.93 bits per heavy atom. The fourth-order valence-electron chi connectivity index (χ4n) is 8.61. The van der Waals surface area contributed by atoms with Gasteiger partial charge in [-0.15, -0.1) is 0 Å². The smallest absolute Gasteiger partial charge is 0.136 e. The summed E-state index contributed by atoms with van der Waals surface area (Å²) in [6.07, 6.45) is 17.3. The molecule has 282 valence electrons. The normalized spacial score (nSPS) is 17.9. The third kappa shape index (κ3) is 7.00. The van der Waals surface area contributed by atoms with Crippen LogP contribution in [0.2, 0.25) is 0 Å². The van der Waals surface area contributed by atoms with Gasteiger partial charge in [0.1, 0.15) is 5.82 Å². The van der Waals surface area contributed by atoms with Gasteiger partial charge in [0, 0.05) is 50.8 Å². The molecule has 2 heterocycles. The van der Waals surface area contributed by atoms with E-state index in [1.165, 1.54) is 16.7 Å². The number of para-hydroxylation sites is 1. The lowest BCUT2D eigenvalue weighted by atomic mass is 9.80. The van der Waals surface area contributed by atoms with Gasteiger partial charge in [-0.05, 0) is 46.7 Å². The molecule has 1 aliphatic heterocycles. The third-order valence-electron chi connectivity index (χ3n) is 11.6. The van der Waals surface area contributed by atoms with Crippen LogP contribution >= 0.6 is 0 Å². The summed E-state index contributed by atoms with van der Waals surface area (Å²) in [4.78, 5) is 10.4. The number of hydrogen-bond acceptors (Lipinski definition) is 4. The van der Waals surface area contributed by atoms with Crippen LogP contribution in [0.25, 0.3) is 44.6 Å². The zero-order valence-corrected chi connectivity index (χ0v) is 32.6. The van der Waals surface area contributed by atoms with Crippen molar-refractivity contribution in [2.45, 2.75) is 18.8 Å². The van der Waals surface area contributed by atoms with Gasteiger partial charge in [0.2, 0.25) is 0 Å². The second-order valence-electron chi connectivity index (χ2n) is 15.2. The van der Waals surface area contributed by atoms with Crippen LogP contribution in [0.5, 0.6) is 0 Å². The van der Waals surface area contributed by atoms with Crippen LogP contribution in [0.3, 0.4) is 0 Å². The molecule has 59 heavy (non-hydrogen) atoms. The summed E-state index contributed by atoms with van der Waals surface area (Å²) in [5.74, 6) is 1.05. The maximum absolute atomic E-state index is 9.66. The summed E-state index contributed by atoms with van der Waals surface area (Å²) in [7, 11) is 0. The molecule has 0 amide bonds. The second kappa shape index (κ2) is 15.8. The predicted octanol–water partition coefficient (Wildman–Crippen LogP) is 12.9. The maximum atomic E-state index is 9.66. The maximum Gasteiger partial charge on any atom is 0.136 e. The quantitative estimate of drug-likeness (QED) is 0.152. The summed E-state index contributed by atoms with van der Waals surface area (Å²) >= 11 is 0. The zero-order valence-electron chi connectivity index (χ0n) is 32.6. The molecular weight excluding hydrogens is 717 g/mol. The fourth-order valence-corrected chi connectivity index (χ4v) is 8.61. The molecule has 3 aliphatic rings. The van der Waals surface area contributed by atoms with Gasteiger partial charge in [0.25, 0.3) is 0 Å². The Balaban J connectivity index is 1.08. The topological polar surface area (TPSA) is 61.7 Å². The molecule has 0 bridgehead atoms. The Hall–Kier alpha value is -7.43. The molecule has 10 rings (SSSR count). The van der Waals surface area contributed by atoms with E-state index in [1.54, 1.807) is 0 Å². The van der Waals surface area contributed by atoms with Crippen molar-refractivity contribution < 1.29 is 0 Å². The highest BCUT2D eigenvalue weighted by Gasteiger charge is 2.30. The first-order chi connectivity index (χ1) is 29.2. The van der Waals surface area contributed by atoms with Gasteiger partial charge in [0.15, 0.2) is 0 Å². The SMILES string of the molecule is N=C(/C(=C1\NC(C2C=CC=CC2)=C(c2ccc(-c3nc(C4C=CC(c5ccccc5)=CC4)nc4ccccc34)cc2)c2ccccc21)c1ccccc1)c1ccccc1. The molecule has 4 nitrogen and oxygen atoms in total. The van der Waals surface area contributed by atoms with Crippen molar-refractivity contribution >= 4 is 39.0 Å². The highest BCUT2D eigenvalue weighted by Crippen LogP contribution is 2.44. The van der Waals surface area contributed by atoms with E-state index in [0.29, 0.717) is 5.71 Å². The van der Waals surface area contributed by atoms with Crippen molar-refractivity contribution in [2.24, 2.45) is 5.92 Å². The zero-order chi connectivity index (χ0) is 39.5. The fraction of sp³-hybridized carbons (Fsp3) is 0.0727. The van der Waals surface area contributed by atoms with Crippen molar-refractivity contribution in [2.75, 3.05) is 0 Å². The molecule has 2 unspecified atom stereocenters. The summed E-state index contributed by atoms with van der Waals surface area (Å²) in [5.41, 5.74) is 15.2. The van der Waals surface area contributed by atoms with Crippen molar-refractivity contribution in [1.29, 1.82) is 5.41 Å². The van der Waals surface area contributed by atoms with Gasteiger partial charge in [-0.1, -0.05) is 200 Å². The van der Waals surface area contributed by atoms with E-state index in [0.717, 1.165) is 85.6 Å². The van der Waals surface area contributed by atoms with Gasteiger partial charge in [-0.25, -0.2) is 9.97 Å². The summed E-state index contributed by atoms with van der Waals surface area (Å²) in [6, 6.07) is 56.9. The molecule has 4 heteroatoms. The number of nitrogens with zero attached hydrogens (tertiary/aromatic N) is 2. The highest BCUT2D eigenvalue weighted by atomic mass is 14.9. The minimum absolute atomic E-state index is 0.0895. The lowest BCUT2D eigenvalue weighted by molar-refractivity contribution is 0.721. The van der Waals surface area contributed by atoms with Gasteiger partial charge in [-0.2, -0.15) is 0 Å². The number of allylic oxidation sites excluding steroid dienone is 9. The number of hydrogen-bond donors (Lipinski definition) is 2. The summed E-state index contributed by atoms with van der Waals surface area (Å²) in [6.45, 7) is 0. The van der Waals surface area contributed by atoms with Crippen LogP contribution in [0, 0.1) is 11.3 Å². The van der Waals surface area contributed by atoms with Crippen LogP contribution < -0.4 is 5.32 Å². The average Bonchev–Trinajstić information content (AvgIpc) is 3.32. The molecule has 0 saturated heterocycles. The first-order valence-corrected chi connectivity index (χ1v) is 20.4. The highest BCUT2D eigenvalue weighted by molar-refractivity contribution is 6.36. The lowest BCUT2D eigenvalue weighted by Gasteiger charge is -2.33. The molecule has 2 atom stereocenters. The summed E-state index contributed by atoms with van der Waals surface area (Å²) < 4.78 is 0. The Morgan fingerprint density at radius 1 is 0.559 bits per heavy atom. The van der Waals surface area contributed by atoms with E-state index in [2.05, 4.69) is 175 Å². The number of aromatic nitrogens is 2. The molecule has 0 radical (unpaired) electrons. The number of fused-ring (bicyclic) bond motifs is 2. The Bertz CT molecular complexity index is 2900. The van der Waals surface area contributed by atoms with E-state index >= 15 is 0 Å². The van der Waals surface area contributed by atoms with E-state index < -0.39 is 0 Å². The standard InChI is InChI=1S/C55H42N4/c56-51(41-21-9-3-10-22-41)50(39-19-7-2-8-20-39)54-46-26-14-13-25-45(46)49(53(58-54)42-23-11-4-12-24-42)40-31-33-43(34-32-40)52-47-27-15-16-28-48(47)57-55(59-52)44-35-29-38(30-36-44)37-17-5-1-6-18-37/h1-23,25-35,42,44,56,58H,24,36H2/b54-50-,56-51?. The first kappa shape index (κ1) is 35.9. The van der Waals surface area contributed by atoms with E-state index in [9.17, 15) is 5.41 Å². The molecule has 2 aliphatic carbocycles. The van der Waals surface area contributed by atoms with E-state index in [4.69, 9.17) is 9.97 Å². The minimum atomic E-state index is 0.0895. The van der Waals surface area contributed by atoms with E-state index in [1.807, 2.05) is 36.4 Å². The molecule has 1 aromatic heterocycles. The van der Waals surface area contributed by atoms with Gasteiger partial charge in [-0.3, -0.25) is 5.41 Å². The van der Waals surface area contributed by atoms with Gasteiger partial charge < -0.3 is 5.32 Å². The monoisotopic (exact) mass is 758 g/mol. The second-order valence-corrected chi connectivity index (χ2v) is 15.2. The first-order valence-electron chi connectivity index (χ1n) is 20.4. The van der Waals surface area contributed by atoms with Crippen LogP contribution in [-0.2, 0) is 0 Å². The number of nitrogens with one attached hydrogen (secondary N) is 2. The lowest BCUT2D eigenvalue weighted by Crippen LogP contribution is -2.27. The number of benzene rings is 6. The Kier molecular flexibility index (Phi) is 9.65. The van der Waals surface area contributed by atoms with Gasteiger partial charge >= 0.3 is 0 Å². The largest absolute Gasteiger partial charge is 0.357 e. The minimum Gasteiger partial charge on any atom is -0.357 e. The van der Waals surface area contributed by atoms with Crippen molar-refractivity contribution in [1.82, 2.24) is 15.3 Å². The van der Waals surface area contributed by atoms with E-state index in [-0.39, 0.29) is 11.8 Å².